The van der Waals surface area contributed by atoms with Crippen LogP contribution in [0.4, 0.5) is 10.7 Å². The number of hydrogen-bond donors (Lipinski definition) is 1. The lowest BCUT2D eigenvalue weighted by Crippen LogP contribution is -2.39. The molecule has 0 atom stereocenters. The van der Waals surface area contributed by atoms with Gasteiger partial charge in [-0.25, -0.2) is 0 Å². The standard InChI is InChI=1S/C19H14N4OS/c20-10-12(11-21)17-22-18-16(14-8-4-5-9-15(14)25-18)19(24)23(17)13-6-2-1-3-7-13/h1-3,6-7,22H,4-5,8-9H2. The Bertz CT molecular complexity index is 959. The minimum atomic E-state index is -0.169. The molecule has 2 aliphatic rings. The molecule has 0 fully saturated rings. The Morgan fingerprint density at radius 3 is 2.56 bits per heavy atom. The highest BCUT2D eigenvalue weighted by molar-refractivity contribution is 7.16. The Labute approximate surface area is 149 Å². The van der Waals surface area contributed by atoms with E-state index in [0.717, 1.165) is 36.2 Å². The van der Waals surface area contributed by atoms with Gasteiger partial charge in [-0.1, -0.05) is 18.2 Å². The SMILES string of the molecule is N#CC(C#N)=C1Nc2sc3c(c2C(=O)N1c1ccccc1)CCCC3. The summed E-state index contributed by atoms with van der Waals surface area (Å²) in [6, 6.07) is 12.9. The van der Waals surface area contributed by atoms with Gasteiger partial charge in [0.25, 0.3) is 5.91 Å². The minimum absolute atomic E-state index is 0.103. The number of nitriles is 2. The van der Waals surface area contributed by atoms with E-state index >= 15 is 0 Å². The molecule has 2 heterocycles. The number of hydrogen-bond acceptors (Lipinski definition) is 5. The fraction of sp³-hybridized carbons (Fsp3) is 0.211. The lowest BCUT2D eigenvalue weighted by molar-refractivity contribution is 0.0992. The normalized spacial score (nSPS) is 15.5. The molecule has 1 amide bonds. The molecule has 122 valence electrons. The second-order valence-corrected chi connectivity index (χ2v) is 7.07. The zero-order chi connectivity index (χ0) is 17.4. The zero-order valence-electron chi connectivity index (χ0n) is 13.4. The second kappa shape index (κ2) is 6.08. The number of thiophene rings is 1. The Morgan fingerprint density at radius 2 is 1.84 bits per heavy atom. The maximum absolute atomic E-state index is 13.3. The van der Waals surface area contributed by atoms with Gasteiger partial charge >= 0.3 is 0 Å². The average molecular weight is 346 g/mol. The molecule has 1 aliphatic carbocycles. The highest BCUT2D eigenvalue weighted by Crippen LogP contribution is 2.43. The van der Waals surface area contributed by atoms with E-state index in [9.17, 15) is 15.3 Å². The minimum Gasteiger partial charge on any atom is -0.331 e. The maximum atomic E-state index is 13.3. The lowest BCUT2D eigenvalue weighted by atomic mass is 9.94. The highest BCUT2D eigenvalue weighted by atomic mass is 32.1. The Balaban J connectivity index is 1.94. The van der Waals surface area contributed by atoms with Crippen molar-refractivity contribution in [2.24, 2.45) is 0 Å². The number of carbonyl (C=O) groups is 1. The predicted molar refractivity (Wildman–Crippen MR) is 96.1 cm³/mol. The summed E-state index contributed by atoms with van der Waals surface area (Å²) in [7, 11) is 0. The van der Waals surface area contributed by atoms with E-state index < -0.39 is 0 Å². The van der Waals surface area contributed by atoms with Gasteiger partial charge in [0.1, 0.15) is 23.0 Å². The van der Waals surface area contributed by atoms with Crippen LogP contribution in [0.1, 0.15) is 33.6 Å². The summed E-state index contributed by atoms with van der Waals surface area (Å²) in [6.45, 7) is 0. The molecule has 0 unspecified atom stereocenters. The van der Waals surface area contributed by atoms with Crippen LogP contribution < -0.4 is 10.2 Å². The average Bonchev–Trinajstić information content (AvgIpc) is 3.02. The van der Waals surface area contributed by atoms with Crippen LogP contribution in [0.5, 0.6) is 0 Å². The summed E-state index contributed by atoms with van der Waals surface area (Å²) in [5.41, 5.74) is 2.36. The number of benzene rings is 1. The fourth-order valence-electron chi connectivity index (χ4n) is 3.39. The van der Waals surface area contributed by atoms with Crippen molar-refractivity contribution in [3.63, 3.8) is 0 Å². The number of carbonyl (C=O) groups excluding carboxylic acids is 1. The molecule has 1 aliphatic heterocycles. The van der Waals surface area contributed by atoms with Crippen molar-refractivity contribution in [2.45, 2.75) is 25.7 Å². The quantitative estimate of drug-likeness (QED) is 0.793. The van der Waals surface area contributed by atoms with Crippen LogP contribution in [0.15, 0.2) is 41.7 Å². The van der Waals surface area contributed by atoms with E-state index in [-0.39, 0.29) is 17.3 Å². The van der Waals surface area contributed by atoms with Gasteiger partial charge in [0.05, 0.1) is 11.3 Å². The van der Waals surface area contributed by atoms with E-state index in [1.807, 2.05) is 30.3 Å². The Hall–Kier alpha value is -3.09. The molecule has 0 saturated carbocycles. The molecule has 0 spiro atoms. The largest absolute Gasteiger partial charge is 0.331 e. The van der Waals surface area contributed by atoms with Crippen LogP contribution in [-0.4, -0.2) is 5.91 Å². The van der Waals surface area contributed by atoms with Gasteiger partial charge in [-0.3, -0.25) is 9.69 Å². The first-order valence-electron chi connectivity index (χ1n) is 8.10. The van der Waals surface area contributed by atoms with Crippen molar-refractivity contribution in [1.29, 1.82) is 10.5 Å². The summed E-state index contributed by atoms with van der Waals surface area (Å²) < 4.78 is 0. The monoisotopic (exact) mass is 346 g/mol. The topological polar surface area (TPSA) is 79.9 Å². The van der Waals surface area contributed by atoms with Gasteiger partial charge in [0.15, 0.2) is 5.57 Å². The van der Waals surface area contributed by atoms with Crippen molar-refractivity contribution in [3.8, 4) is 12.1 Å². The lowest BCUT2D eigenvalue weighted by Gasteiger charge is -2.31. The van der Waals surface area contributed by atoms with Crippen molar-refractivity contribution in [3.05, 3.63) is 57.7 Å². The first-order valence-corrected chi connectivity index (χ1v) is 8.91. The molecule has 1 aromatic carbocycles. The Morgan fingerprint density at radius 1 is 1.12 bits per heavy atom. The smallest absolute Gasteiger partial charge is 0.267 e. The van der Waals surface area contributed by atoms with Crippen LogP contribution in [0.25, 0.3) is 0 Å². The number of anilines is 2. The summed E-state index contributed by atoms with van der Waals surface area (Å²) in [4.78, 5) is 16.0. The molecule has 1 N–H and O–H groups in total. The third-order valence-corrected chi connectivity index (χ3v) is 5.73. The number of rotatable bonds is 1. The molecule has 25 heavy (non-hydrogen) atoms. The van der Waals surface area contributed by atoms with E-state index in [4.69, 9.17) is 0 Å². The third kappa shape index (κ3) is 2.39. The molecule has 0 saturated heterocycles. The number of nitrogens with zero attached hydrogens (tertiary/aromatic N) is 3. The number of amides is 1. The van der Waals surface area contributed by atoms with Crippen LogP contribution in [-0.2, 0) is 12.8 Å². The first kappa shape index (κ1) is 15.4. The maximum Gasteiger partial charge on any atom is 0.267 e. The zero-order valence-corrected chi connectivity index (χ0v) is 14.2. The molecule has 0 bridgehead atoms. The number of para-hydroxylation sites is 1. The third-order valence-electron chi connectivity index (χ3n) is 4.52. The van der Waals surface area contributed by atoms with Crippen LogP contribution in [0, 0.1) is 22.7 Å². The van der Waals surface area contributed by atoms with Crippen molar-refractivity contribution in [1.82, 2.24) is 0 Å². The van der Waals surface area contributed by atoms with E-state index in [0.29, 0.717) is 11.3 Å². The number of fused-ring (bicyclic) bond motifs is 3. The van der Waals surface area contributed by atoms with Crippen molar-refractivity contribution in [2.75, 3.05) is 10.2 Å². The molecule has 6 heteroatoms. The van der Waals surface area contributed by atoms with Gasteiger partial charge in [-0.2, -0.15) is 10.5 Å². The van der Waals surface area contributed by atoms with Crippen molar-refractivity contribution >= 4 is 27.9 Å². The van der Waals surface area contributed by atoms with E-state index in [2.05, 4.69) is 5.32 Å². The van der Waals surface area contributed by atoms with Gasteiger partial charge in [0, 0.05) is 4.88 Å². The number of nitrogens with one attached hydrogen (secondary N) is 1. The van der Waals surface area contributed by atoms with Crippen LogP contribution in [0.3, 0.4) is 0 Å². The van der Waals surface area contributed by atoms with Gasteiger partial charge < -0.3 is 5.32 Å². The Kier molecular flexibility index (Phi) is 3.76. The number of aryl methyl sites for hydroxylation is 1. The molecule has 0 radical (unpaired) electrons. The summed E-state index contributed by atoms with van der Waals surface area (Å²) in [6.07, 6.45) is 4.10. The van der Waals surface area contributed by atoms with Gasteiger partial charge in [-0.15, -0.1) is 11.3 Å². The molecule has 1 aromatic heterocycles. The highest BCUT2D eigenvalue weighted by Gasteiger charge is 2.36. The molecule has 5 nitrogen and oxygen atoms in total. The molecule has 4 rings (SSSR count). The molecule has 2 aromatic rings. The first-order chi connectivity index (χ1) is 12.2. The van der Waals surface area contributed by atoms with Gasteiger partial charge in [0.2, 0.25) is 0 Å². The second-order valence-electron chi connectivity index (χ2n) is 5.96. The van der Waals surface area contributed by atoms with Gasteiger partial charge in [-0.05, 0) is 43.4 Å². The van der Waals surface area contributed by atoms with Crippen molar-refractivity contribution < 1.29 is 4.79 Å². The fourth-order valence-corrected chi connectivity index (χ4v) is 4.67. The molecular formula is C19H14N4OS. The van der Waals surface area contributed by atoms with E-state index in [1.54, 1.807) is 23.5 Å². The molecular weight excluding hydrogens is 332 g/mol. The van der Waals surface area contributed by atoms with Crippen LogP contribution in [0.2, 0.25) is 0 Å². The number of allylic oxidation sites excluding steroid dienone is 1. The summed E-state index contributed by atoms with van der Waals surface area (Å²) in [5.74, 6) is 0.0737. The summed E-state index contributed by atoms with van der Waals surface area (Å²) in [5, 5.41) is 22.6. The predicted octanol–water partition coefficient (Wildman–Crippen LogP) is 3.96. The van der Waals surface area contributed by atoms with Crippen LogP contribution >= 0.6 is 11.3 Å². The van der Waals surface area contributed by atoms with E-state index in [1.165, 1.54) is 9.78 Å². The summed E-state index contributed by atoms with van der Waals surface area (Å²) >= 11 is 1.57.